The lowest BCUT2D eigenvalue weighted by Gasteiger charge is -2.07. The van der Waals surface area contributed by atoms with E-state index in [0.717, 1.165) is 0 Å². The number of carbonyl (C=O) groups excluding carboxylic acids is 1. The van der Waals surface area contributed by atoms with Gasteiger partial charge in [0, 0.05) is 11.4 Å². The topological polar surface area (TPSA) is 82.2 Å². The fourth-order valence-electron chi connectivity index (χ4n) is 2.31. The van der Waals surface area contributed by atoms with Crippen LogP contribution in [-0.4, -0.2) is 22.0 Å². The normalized spacial score (nSPS) is 10.5. The van der Waals surface area contributed by atoms with Crippen LogP contribution in [0, 0.1) is 26.6 Å². The number of carbonyl (C=O) groups is 2. The van der Waals surface area contributed by atoms with E-state index in [9.17, 15) is 14.0 Å². The standard InChI is InChI=1S/C15H15FN2O3/c1-7-4-10(16)6-11(5-7)18-14(19)12-8(2)13(15(20)21)17-9(12)3/h4-6,17H,1-3H3,(H,18,19)(H,20,21). The molecule has 0 aliphatic heterocycles. The maximum atomic E-state index is 13.3. The Labute approximate surface area is 120 Å². The van der Waals surface area contributed by atoms with E-state index in [1.807, 2.05) is 0 Å². The molecule has 0 atom stereocenters. The van der Waals surface area contributed by atoms with Gasteiger partial charge in [0.25, 0.3) is 5.91 Å². The van der Waals surface area contributed by atoms with Crippen molar-refractivity contribution in [3.05, 3.63) is 52.1 Å². The smallest absolute Gasteiger partial charge is 0.352 e. The maximum absolute atomic E-state index is 13.3. The summed E-state index contributed by atoms with van der Waals surface area (Å²) in [4.78, 5) is 26.0. The molecule has 1 aromatic carbocycles. The van der Waals surface area contributed by atoms with Crippen molar-refractivity contribution < 1.29 is 19.1 Å². The van der Waals surface area contributed by atoms with E-state index in [1.165, 1.54) is 12.1 Å². The van der Waals surface area contributed by atoms with Gasteiger partial charge in [-0.15, -0.1) is 0 Å². The van der Waals surface area contributed by atoms with Gasteiger partial charge in [0.15, 0.2) is 0 Å². The molecule has 1 amide bonds. The zero-order valence-electron chi connectivity index (χ0n) is 11.9. The molecule has 2 aromatic rings. The van der Waals surface area contributed by atoms with E-state index in [4.69, 9.17) is 5.11 Å². The van der Waals surface area contributed by atoms with Gasteiger partial charge in [0.05, 0.1) is 5.56 Å². The molecule has 0 unspecified atom stereocenters. The summed E-state index contributed by atoms with van der Waals surface area (Å²) in [5, 5.41) is 11.6. The third-order valence-electron chi connectivity index (χ3n) is 3.18. The second kappa shape index (κ2) is 5.40. The zero-order chi connectivity index (χ0) is 15.7. The molecule has 0 aliphatic rings. The zero-order valence-corrected chi connectivity index (χ0v) is 11.9. The summed E-state index contributed by atoms with van der Waals surface area (Å²) in [6, 6.07) is 4.20. The molecule has 110 valence electrons. The fraction of sp³-hybridized carbons (Fsp3) is 0.200. The first kappa shape index (κ1) is 14.8. The number of aromatic carboxylic acids is 1. The van der Waals surface area contributed by atoms with Crippen molar-refractivity contribution in [1.29, 1.82) is 0 Å². The van der Waals surface area contributed by atoms with Gasteiger partial charge in [-0.3, -0.25) is 4.79 Å². The predicted molar refractivity (Wildman–Crippen MR) is 76.3 cm³/mol. The molecule has 21 heavy (non-hydrogen) atoms. The summed E-state index contributed by atoms with van der Waals surface area (Å²) < 4.78 is 13.3. The van der Waals surface area contributed by atoms with E-state index < -0.39 is 17.7 Å². The van der Waals surface area contributed by atoms with Gasteiger partial charge in [-0.05, 0) is 50.1 Å². The van der Waals surface area contributed by atoms with Crippen molar-refractivity contribution in [1.82, 2.24) is 4.98 Å². The van der Waals surface area contributed by atoms with Gasteiger partial charge >= 0.3 is 5.97 Å². The van der Waals surface area contributed by atoms with E-state index in [-0.39, 0.29) is 11.3 Å². The van der Waals surface area contributed by atoms with Gasteiger partial charge in [0.1, 0.15) is 11.5 Å². The van der Waals surface area contributed by atoms with Gasteiger partial charge in [-0.2, -0.15) is 0 Å². The number of anilines is 1. The van der Waals surface area contributed by atoms with Crippen LogP contribution in [0.4, 0.5) is 10.1 Å². The molecule has 1 aromatic heterocycles. The molecule has 6 heteroatoms. The highest BCUT2D eigenvalue weighted by molar-refractivity contribution is 6.08. The predicted octanol–water partition coefficient (Wildman–Crippen LogP) is 3.03. The van der Waals surface area contributed by atoms with E-state index in [0.29, 0.717) is 22.5 Å². The summed E-state index contributed by atoms with van der Waals surface area (Å²) in [5.74, 6) is -2.05. The molecule has 1 heterocycles. The molecular formula is C15H15FN2O3. The number of benzene rings is 1. The fourth-order valence-corrected chi connectivity index (χ4v) is 2.31. The van der Waals surface area contributed by atoms with Crippen LogP contribution in [0.15, 0.2) is 18.2 Å². The number of amides is 1. The van der Waals surface area contributed by atoms with E-state index >= 15 is 0 Å². The average molecular weight is 290 g/mol. The van der Waals surface area contributed by atoms with Crippen LogP contribution >= 0.6 is 0 Å². The Hall–Kier alpha value is -2.63. The number of aryl methyl sites for hydroxylation is 2. The molecule has 0 aliphatic carbocycles. The van der Waals surface area contributed by atoms with Crippen molar-refractivity contribution in [3.63, 3.8) is 0 Å². The number of H-pyrrole nitrogens is 1. The van der Waals surface area contributed by atoms with Crippen molar-refractivity contribution in [2.45, 2.75) is 20.8 Å². The van der Waals surface area contributed by atoms with Crippen LogP contribution in [0.1, 0.15) is 37.7 Å². The van der Waals surface area contributed by atoms with E-state index in [1.54, 1.807) is 26.8 Å². The minimum absolute atomic E-state index is 0.0203. The molecule has 0 saturated carbocycles. The monoisotopic (exact) mass is 290 g/mol. The average Bonchev–Trinajstić information content (AvgIpc) is 2.63. The Bertz CT molecular complexity index is 715. The first-order chi connectivity index (χ1) is 9.79. The Morgan fingerprint density at radius 2 is 1.86 bits per heavy atom. The van der Waals surface area contributed by atoms with Gasteiger partial charge in [0.2, 0.25) is 0 Å². The molecule has 2 rings (SSSR count). The molecule has 5 nitrogen and oxygen atoms in total. The molecule has 0 saturated heterocycles. The number of aromatic amines is 1. The van der Waals surface area contributed by atoms with E-state index in [2.05, 4.69) is 10.3 Å². The Balaban J connectivity index is 2.35. The van der Waals surface area contributed by atoms with Gasteiger partial charge < -0.3 is 15.4 Å². The number of nitrogens with one attached hydrogen (secondary N) is 2. The second-order valence-corrected chi connectivity index (χ2v) is 4.90. The SMILES string of the molecule is Cc1cc(F)cc(NC(=O)c2c(C)[nH]c(C(=O)O)c2C)c1. The second-order valence-electron chi connectivity index (χ2n) is 4.90. The summed E-state index contributed by atoms with van der Waals surface area (Å²) in [6.45, 7) is 4.89. The van der Waals surface area contributed by atoms with Crippen LogP contribution in [0.3, 0.4) is 0 Å². The lowest BCUT2D eigenvalue weighted by Crippen LogP contribution is -2.14. The first-order valence-electron chi connectivity index (χ1n) is 6.30. The summed E-state index contributed by atoms with van der Waals surface area (Å²) in [6.07, 6.45) is 0. The molecule has 0 radical (unpaired) electrons. The summed E-state index contributed by atoms with van der Waals surface area (Å²) in [7, 11) is 0. The van der Waals surface area contributed by atoms with Crippen LogP contribution in [0.2, 0.25) is 0 Å². The lowest BCUT2D eigenvalue weighted by atomic mass is 10.1. The van der Waals surface area contributed by atoms with Crippen LogP contribution < -0.4 is 5.32 Å². The quantitative estimate of drug-likeness (QED) is 0.812. The van der Waals surface area contributed by atoms with Crippen LogP contribution in [0.25, 0.3) is 0 Å². The maximum Gasteiger partial charge on any atom is 0.352 e. The van der Waals surface area contributed by atoms with Crippen molar-refractivity contribution in [3.8, 4) is 0 Å². The molecule has 3 N–H and O–H groups in total. The molecule has 0 spiro atoms. The van der Waals surface area contributed by atoms with Crippen LogP contribution in [-0.2, 0) is 0 Å². The molecule has 0 bridgehead atoms. The highest BCUT2D eigenvalue weighted by Crippen LogP contribution is 2.20. The molecular weight excluding hydrogens is 275 g/mol. The first-order valence-corrected chi connectivity index (χ1v) is 6.30. The Morgan fingerprint density at radius 1 is 1.19 bits per heavy atom. The highest BCUT2D eigenvalue weighted by Gasteiger charge is 2.21. The number of carboxylic acids is 1. The Kier molecular flexibility index (Phi) is 3.80. The van der Waals surface area contributed by atoms with Gasteiger partial charge in [-0.1, -0.05) is 0 Å². The largest absolute Gasteiger partial charge is 0.477 e. The number of aromatic nitrogens is 1. The number of hydrogen-bond donors (Lipinski definition) is 3. The van der Waals surface area contributed by atoms with Crippen molar-refractivity contribution in [2.24, 2.45) is 0 Å². The highest BCUT2D eigenvalue weighted by atomic mass is 19.1. The minimum Gasteiger partial charge on any atom is -0.477 e. The third-order valence-corrected chi connectivity index (χ3v) is 3.18. The lowest BCUT2D eigenvalue weighted by molar-refractivity contribution is 0.0690. The van der Waals surface area contributed by atoms with Crippen LogP contribution in [0.5, 0.6) is 0 Å². The molecule has 0 fully saturated rings. The van der Waals surface area contributed by atoms with Crippen molar-refractivity contribution >= 4 is 17.6 Å². The number of hydrogen-bond acceptors (Lipinski definition) is 2. The summed E-state index contributed by atoms with van der Waals surface area (Å²) >= 11 is 0. The number of rotatable bonds is 3. The minimum atomic E-state index is -1.13. The van der Waals surface area contributed by atoms with Gasteiger partial charge in [-0.25, -0.2) is 9.18 Å². The summed E-state index contributed by atoms with van der Waals surface area (Å²) in [5.41, 5.74) is 2.05. The third kappa shape index (κ3) is 2.94. The Morgan fingerprint density at radius 3 is 2.38 bits per heavy atom. The number of carboxylic acid groups (broad SMARTS) is 1. The number of halogens is 1. The van der Waals surface area contributed by atoms with Crippen molar-refractivity contribution in [2.75, 3.05) is 5.32 Å².